The molecule has 1 aliphatic carbocycles. The normalized spacial score (nSPS) is 20.5. The maximum absolute atomic E-state index is 11.9. The van der Waals surface area contributed by atoms with E-state index in [-0.39, 0.29) is 11.9 Å². The van der Waals surface area contributed by atoms with E-state index in [1.807, 2.05) is 0 Å². The molecule has 21 heavy (non-hydrogen) atoms. The molecule has 1 aliphatic rings. The van der Waals surface area contributed by atoms with Crippen LogP contribution in [-0.4, -0.2) is 23.0 Å². The number of nitrogens with one attached hydrogen (secondary N) is 1. The maximum atomic E-state index is 11.9. The zero-order valence-corrected chi connectivity index (χ0v) is 12.7. The topological polar surface area (TPSA) is 66.4 Å². The van der Waals surface area contributed by atoms with E-state index in [1.54, 1.807) is 30.4 Å². The number of aryl methyl sites for hydroxylation is 1. The van der Waals surface area contributed by atoms with Crippen molar-refractivity contribution in [2.24, 2.45) is 5.92 Å². The van der Waals surface area contributed by atoms with Crippen molar-refractivity contribution in [1.82, 2.24) is 5.32 Å². The third-order valence-electron chi connectivity index (χ3n) is 3.38. The van der Waals surface area contributed by atoms with Gasteiger partial charge in [-0.1, -0.05) is 41.4 Å². The second-order valence-corrected chi connectivity index (χ2v) is 5.82. The Hall–Kier alpha value is -1.52. The van der Waals surface area contributed by atoms with Crippen LogP contribution in [0.25, 0.3) is 0 Å². The van der Waals surface area contributed by atoms with Gasteiger partial charge in [-0.3, -0.25) is 9.59 Å². The molecule has 6 heteroatoms. The van der Waals surface area contributed by atoms with Crippen LogP contribution in [0.3, 0.4) is 0 Å². The van der Waals surface area contributed by atoms with Crippen LogP contribution < -0.4 is 5.32 Å². The summed E-state index contributed by atoms with van der Waals surface area (Å²) in [7, 11) is 0. The zero-order chi connectivity index (χ0) is 15.4. The second kappa shape index (κ2) is 6.96. The van der Waals surface area contributed by atoms with E-state index in [9.17, 15) is 9.59 Å². The summed E-state index contributed by atoms with van der Waals surface area (Å²) in [5.41, 5.74) is 0.863. The lowest BCUT2D eigenvalue weighted by atomic mass is 10.1. The van der Waals surface area contributed by atoms with Gasteiger partial charge in [0.25, 0.3) is 0 Å². The number of halogens is 2. The van der Waals surface area contributed by atoms with Crippen LogP contribution >= 0.6 is 23.2 Å². The molecule has 2 atom stereocenters. The lowest BCUT2D eigenvalue weighted by molar-refractivity contribution is -0.140. The number of aliphatic carboxylic acids is 1. The molecule has 0 aliphatic heterocycles. The molecule has 0 saturated heterocycles. The molecule has 0 spiro atoms. The Labute approximate surface area is 132 Å². The van der Waals surface area contributed by atoms with Crippen molar-refractivity contribution in [2.45, 2.75) is 25.3 Å². The SMILES string of the molecule is O=C(CCc1ccc(Cl)cc1Cl)NC1C=CC(C(=O)O)C1. The molecule has 2 rings (SSSR count). The molecular weight excluding hydrogens is 313 g/mol. The number of carboxylic acids is 1. The Bertz CT molecular complexity index is 586. The lowest BCUT2D eigenvalue weighted by Gasteiger charge is -2.12. The molecule has 0 saturated carbocycles. The molecule has 1 amide bonds. The molecule has 0 radical (unpaired) electrons. The van der Waals surface area contributed by atoms with Gasteiger partial charge in [-0.25, -0.2) is 0 Å². The number of hydrogen-bond donors (Lipinski definition) is 2. The highest BCUT2D eigenvalue weighted by Crippen LogP contribution is 2.22. The lowest BCUT2D eigenvalue weighted by Crippen LogP contribution is -2.33. The van der Waals surface area contributed by atoms with Crippen molar-refractivity contribution in [3.8, 4) is 0 Å². The Balaban J connectivity index is 1.81. The van der Waals surface area contributed by atoms with Crippen LogP contribution in [0.4, 0.5) is 0 Å². The average molecular weight is 328 g/mol. The van der Waals surface area contributed by atoms with Crippen molar-refractivity contribution in [3.05, 3.63) is 46.0 Å². The fourth-order valence-electron chi connectivity index (χ4n) is 2.24. The first-order valence-corrected chi connectivity index (χ1v) is 7.35. The second-order valence-electron chi connectivity index (χ2n) is 4.98. The highest BCUT2D eigenvalue weighted by molar-refractivity contribution is 6.35. The maximum Gasteiger partial charge on any atom is 0.310 e. The summed E-state index contributed by atoms with van der Waals surface area (Å²) in [6, 6.07) is 4.97. The highest BCUT2D eigenvalue weighted by Gasteiger charge is 2.25. The van der Waals surface area contributed by atoms with Gasteiger partial charge in [0.1, 0.15) is 0 Å². The zero-order valence-electron chi connectivity index (χ0n) is 11.2. The first-order valence-electron chi connectivity index (χ1n) is 6.60. The van der Waals surface area contributed by atoms with Gasteiger partial charge in [-0.2, -0.15) is 0 Å². The molecule has 1 aromatic carbocycles. The molecule has 0 fully saturated rings. The van der Waals surface area contributed by atoms with E-state index in [1.165, 1.54) is 0 Å². The summed E-state index contributed by atoms with van der Waals surface area (Å²) in [6.07, 6.45) is 4.56. The van der Waals surface area contributed by atoms with Crippen molar-refractivity contribution >= 4 is 35.1 Å². The molecular formula is C15H15Cl2NO3. The smallest absolute Gasteiger partial charge is 0.310 e. The summed E-state index contributed by atoms with van der Waals surface area (Å²) in [5, 5.41) is 12.8. The van der Waals surface area contributed by atoms with Gasteiger partial charge in [0, 0.05) is 22.5 Å². The largest absolute Gasteiger partial charge is 0.481 e. The minimum atomic E-state index is -0.865. The number of carbonyl (C=O) groups is 2. The van der Waals surface area contributed by atoms with Gasteiger partial charge in [0.05, 0.1) is 5.92 Å². The number of benzene rings is 1. The third kappa shape index (κ3) is 4.48. The summed E-state index contributed by atoms with van der Waals surface area (Å²) in [5.74, 6) is -1.50. The predicted octanol–water partition coefficient (Wildman–Crippen LogP) is 3.07. The first kappa shape index (κ1) is 15.9. The Morgan fingerprint density at radius 2 is 2.05 bits per heavy atom. The molecule has 1 aromatic rings. The van der Waals surface area contributed by atoms with Crippen molar-refractivity contribution in [3.63, 3.8) is 0 Å². The van der Waals surface area contributed by atoms with E-state index in [0.29, 0.717) is 29.3 Å². The van der Waals surface area contributed by atoms with Crippen molar-refractivity contribution in [2.75, 3.05) is 0 Å². The first-order chi connectivity index (χ1) is 9.95. The van der Waals surface area contributed by atoms with E-state index in [2.05, 4.69) is 5.32 Å². The Morgan fingerprint density at radius 3 is 2.67 bits per heavy atom. The molecule has 4 nitrogen and oxygen atoms in total. The molecule has 0 heterocycles. The molecule has 2 N–H and O–H groups in total. The molecule has 112 valence electrons. The van der Waals surface area contributed by atoms with E-state index >= 15 is 0 Å². The molecule has 2 unspecified atom stereocenters. The van der Waals surface area contributed by atoms with Crippen LogP contribution in [-0.2, 0) is 16.0 Å². The van der Waals surface area contributed by atoms with Crippen molar-refractivity contribution in [1.29, 1.82) is 0 Å². The molecule has 0 aromatic heterocycles. The standard InChI is InChI=1S/C15H15Cl2NO3/c16-11-4-1-9(13(17)8-11)3-6-14(19)18-12-5-2-10(7-12)15(20)21/h1-2,4-5,8,10,12H,3,6-7H2,(H,18,19)(H,20,21). The van der Waals surface area contributed by atoms with Gasteiger partial charge in [0.15, 0.2) is 0 Å². The van der Waals surface area contributed by atoms with E-state index < -0.39 is 11.9 Å². The number of rotatable bonds is 5. The van der Waals surface area contributed by atoms with Crippen LogP contribution in [0.15, 0.2) is 30.4 Å². The van der Waals surface area contributed by atoms with Gasteiger partial charge < -0.3 is 10.4 Å². The Morgan fingerprint density at radius 1 is 1.29 bits per heavy atom. The predicted molar refractivity (Wildman–Crippen MR) is 81.6 cm³/mol. The van der Waals surface area contributed by atoms with Gasteiger partial charge in [-0.05, 0) is 30.5 Å². The van der Waals surface area contributed by atoms with E-state index in [0.717, 1.165) is 5.56 Å². The van der Waals surface area contributed by atoms with Crippen LogP contribution in [0.1, 0.15) is 18.4 Å². The number of carboxylic acid groups (broad SMARTS) is 1. The highest BCUT2D eigenvalue weighted by atomic mass is 35.5. The van der Waals surface area contributed by atoms with Gasteiger partial charge in [-0.15, -0.1) is 0 Å². The quantitative estimate of drug-likeness (QED) is 0.817. The molecule has 0 bridgehead atoms. The number of hydrogen-bond acceptors (Lipinski definition) is 2. The van der Waals surface area contributed by atoms with E-state index in [4.69, 9.17) is 28.3 Å². The third-order valence-corrected chi connectivity index (χ3v) is 3.97. The fraction of sp³-hybridized carbons (Fsp3) is 0.333. The monoisotopic (exact) mass is 327 g/mol. The van der Waals surface area contributed by atoms with Gasteiger partial charge >= 0.3 is 5.97 Å². The fourth-order valence-corrected chi connectivity index (χ4v) is 2.74. The summed E-state index contributed by atoms with van der Waals surface area (Å²) in [6.45, 7) is 0. The summed E-state index contributed by atoms with van der Waals surface area (Å²) in [4.78, 5) is 22.7. The average Bonchev–Trinajstić information content (AvgIpc) is 2.86. The van der Waals surface area contributed by atoms with Crippen LogP contribution in [0.2, 0.25) is 10.0 Å². The summed E-state index contributed by atoms with van der Waals surface area (Å²) < 4.78 is 0. The minimum Gasteiger partial charge on any atom is -0.481 e. The van der Waals surface area contributed by atoms with Crippen LogP contribution in [0, 0.1) is 5.92 Å². The van der Waals surface area contributed by atoms with Crippen LogP contribution in [0.5, 0.6) is 0 Å². The van der Waals surface area contributed by atoms with Gasteiger partial charge in [0.2, 0.25) is 5.91 Å². The minimum absolute atomic E-state index is 0.123. The Kier molecular flexibility index (Phi) is 5.26. The van der Waals surface area contributed by atoms with Crippen molar-refractivity contribution < 1.29 is 14.7 Å². The number of carbonyl (C=O) groups excluding carboxylic acids is 1. The summed E-state index contributed by atoms with van der Waals surface area (Å²) >= 11 is 11.9. The number of amides is 1.